The van der Waals surface area contributed by atoms with Crippen molar-refractivity contribution in [2.45, 2.75) is 84.1 Å². The molecule has 138 valence electrons. The van der Waals surface area contributed by atoms with Crippen molar-refractivity contribution in [2.24, 2.45) is 11.1 Å². The Kier molecular flexibility index (Phi) is 6.57. The third-order valence-electron chi connectivity index (χ3n) is 3.55. The largest absolute Gasteiger partial charge is 0.458 e. The van der Waals surface area contributed by atoms with Gasteiger partial charge in [0.2, 0.25) is 0 Å². The standard InChI is InChI=1S/C16H29N4O4/c1-15(2,3)23-13(21)12(18-14(22)24-16(4,5)6)10-8-7-9-11(10)19-20-17/h10-12H,7-9H2,1-6H3,(H2-,17,18,19,22)/q-1/t10-,11-,12+/m1/s1. The molecule has 24 heavy (non-hydrogen) atoms. The van der Waals surface area contributed by atoms with E-state index in [1.54, 1.807) is 41.5 Å². The summed E-state index contributed by atoms with van der Waals surface area (Å²) in [6.07, 6.45) is 1.62. The average molecular weight is 341 g/mol. The predicted octanol–water partition coefficient (Wildman–Crippen LogP) is 2.92. The molecule has 0 aromatic rings. The van der Waals surface area contributed by atoms with Crippen LogP contribution in [0.4, 0.5) is 4.79 Å². The van der Waals surface area contributed by atoms with Gasteiger partial charge in [0.1, 0.15) is 17.2 Å². The molecule has 1 fully saturated rings. The summed E-state index contributed by atoms with van der Waals surface area (Å²) in [6.45, 7) is 10.5. The van der Waals surface area contributed by atoms with Gasteiger partial charge in [-0.25, -0.2) is 9.59 Å². The van der Waals surface area contributed by atoms with Gasteiger partial charge in [0.05, 0.1) is 0 Å². The van der Waals surface area contributed by atoms with E-state index in [9.17, 15) is 9.59 Å². The molecule has 0 aromatic heterocycles. The number of nitrogens with one attached hydrogen (secondary N) is 2. The maximum absolute atomic E-state index is 12.6. The Morgan fingerprint density at radius 3 is 2.17 bits per heavy atom. The van der Waals surface area contributed by atoms with Crippen molar-refractivity contribution < 1.29 is 19.1 Å². The van der Waals surface area contributed by atoms with Gasteiger partial charge in [-0.2, -0.15) is 0 Å². The Balaban J connectivity index is 2.92. The highest BCUT2D eigenvalue weighted by molar-refractivity contribution is 5.82. The number of nitrogens with zero attached hydrogens (tertiary/aromatic N) is 2. The number of rotatable bonds is 5. The molecule has 8 nitrogen and oxygen atoms in total. The summed E-state index contributed by atoms with van der Waals surface area (Å²) >= 11 is 0. The lowest BCUT2D eigenvalue weighted by atomic mass is 9.94. The van der Waals surface area contributed by atoms with Crippen LogP contribution in [-0.2, 0) is 14.3 Å². The van der Waals surface area contributed by atoms with Gasteiger partial charge in [-0.3, -0.25) is 5.22 Å². The number of alkyl carbamates (subject to hydrolysis) is 1. The lowest BCUT2D eigenvalue weighted by Crippen LogP contribution is -2.53. The second kappa shape index (κ2) is 7.81. The van der Waals surface area contributed by atoms with E-state index in [-0.39, 0.29) is 12.0 Å². The molecule has 0 saturated heterocycles. The molecule has 0 aliphatic heterocycles. The predicted molar refractivity (Wildman–Crippen MR) is 89.1 cm³/mol. The van der Waals surface area contributed by atoms with Crippen LogP contribution in [0, 0.1) is 5.92 Å². The molecule has 3 atom stereocenters. The number of ether oxygens (including phenoxy) is 2. The van der Waals surface area contributed by atoms with E-state index in [4.69, 9.17) is 15.0 Å². The maximum atomic E-state index is 12.6. The van der Waals surface area contributed by atoms with E-state index >= 15 is 0 Å². The van der Waals surface area contributed by atoms with Crippen LogP contribution < -0.4 is 10.7 Å². The SMILES string of the molecule is CC(C)(C)OC(=O)N[C@H](C(=O)OC(C)(C)C)[C@@H]1CCC[C@H]1NN=[N-]. The molecule has 1 amide bonds. The van der Waals surface area contributed by atoms with E-state index in [1.165, 1.54) is 0 Å². The number of carbonyl (C=O) groups excluding carboxylic acids is 2. The number of carbonyl (C=O) groups is 2. The molecule has 1 rings (SSSR count). The van der Waals surface area contributed by atoms with Crippen molar-refractivity contribution in [3.63, 3.8) is 0 Å². The summed E-state index contributed by atoms with van der Waals surface area (Å²) in [6, 6.07) is -1.09. The zero-order chi connectivity index (χ0) is 18.5. The van der Waals surface area contributed by atoms with Crippen LogP contribution in [0.5, 0.6) is 0 Å². The summed E-state index contributed by atoms with van der Waals surface area (Å²) in [4.78, 5) is 24.7. The molecule has 0 heterocycles. The Morgan fingerprint density at radius 2 is 1.67 bits per heavy atom. The van der Waals surface area contributed by atoms with Gasteiger partial charge in [-0.05, 0) is 66.3 Å². The van der Waals surface area contributed by atoms with Crippen molar-refractivity contribution in [1.82, 2.24) is 10.7 Å². The van der Waals surface area contributed by atoms with Crippen LogP contribution in [-0.4, -0.2) is 35.3 Å². The van der Waals surface area contributed by atoms with Gasteiger partial charge in [-0.1, -0.05) is 6.42 Å². The first-order valence-corrected chi connectivity index (χ1v) is 8.25. The van der Waals surface area contributed by atoms with Crippen LogP contribution in [0.2, 0.25) is 0 Å². The lowest BCUT2D eigenvalue weighted by Gasteiger charge is -2.33. The third kappa shape index (κ3) is 6.72. The number of hydrogen-bond acceptors (Lipinski definition) is 5. The van der Waals surface area contributed by atoms with Crippen molar-refractivity contribution >= 4 is 12.1 Å². The first-order valence-electron chi connectivity index (χ1n) is 8.25. The molecular weight excluding hydrogens is 312 g/mol. The van der Waals surface area contributed by atoms with Crippen LogP contribution in [0.15, 0.2) is 5.22 Å². The molecule has 1 saturated carbocycles. The van der Waals surface area contributed by atoms with Gasteiger partial charge >= 0.3 is 12.1 Å². The molecule has 0 bridgehead atoms. The fourth-order valence-corrected chi connectivity index (χ4v) is 2.76. The summed E-state index contributed by atoms with van der Waals surface area (Å²) < 4.78 is 10.7. The number of hydrogen-bond donors (Lipinski definition) is 2. The Morgan fingerprint density at radius 1 is 1.08 bits per heavy atom. The lowest BCUT2D eigenvalue weighted by molar-refractivity contribution is -0.159. The van der Waals surface area contributed by atoms with Gasteiger partial charge < -0.3 is 25.7 Å². The van der Waals surface area contributed by atoms with E-state index < -0.39 is 29.3 Å². The normalized spacial score (nSPS) is 22.4. The molecule has 8 heteroatoms. The Bertz CT molecular complexity index is 468. The fraction of sp³-hybridized carbons (Fsp3) is 0.875. The minimum atomic E-state index is -0.874. The summed E-state index contributed by atoms with van der Waals surface area (Å²) in [7, 11) is 0. The number of esters is 1. The van der Waals surface area contributed by atoms with Gasteiger partial charge in [-0.15, -0.1) is 0 Å². The number of amides is 1. The molecule has 0 spiro atoms. The van der Waals surface area contributed by atoms with E-state index in [0.717, 1.165) is 12.8 Å². The van der Waals surface area contributed by atoms with Gasteiger partial charge in [0, 0.05) is 0 Å². The quantitative estimate of drug-likeness (QED) is 0.454. The maximum Gasteiger partial charge on any atom is 0.408 e. The van der Waals surface area contributed by atoms with Crippen LogP contribution in [0.1, 0.15) is 60.8 Å². The molecule has 1 aliphatic rings. The molecule has 0 unspecified atom stereocenters. The topological polar surface area (TPSA) is 111 Å². The second-order valence-electron chi connectivity index (χ2n) is 8.09. The first-order chi connectivity index (χ1) is 10.9. The Hall–Kier alpha value is -1.86. The van der Waals surface area contributed by atoms with Crippen molar-refractivity contribution in [3.05, 3.63) is 5.53 Å². The summed E-state index contributed by atoms with van der Waals surface area (Å²) in [5.41, 5.74) is 10.0. The molecule has 0 aromatic carbocycles. The highest BCUT2D eigenvalue weighted by Gasteiger charge is 2.39. The molecule has 2 N–H and O–H groups in total. The minimum Gasteiger partial charge on any atom is -0.458 e. The first kappa shape index (κ1) is 20.2. The van der Waals surface area contributed by atoms with E-state index in [0.29, 0.717) is 6.42 Å². The molecular formula is C16H29N4O4-. The van der Waals surface area contributed by atoms with Gasteiger partial charge in [0.25, 0.3) is 0 Å². The van der Waals surface area contributed by atoms with Crippen LogP contribution >= 0.6 is 0 Å². The second-order valence-corrected chi connectivity index (χ2v) is 8.09. The van der Waals surface area contributed by atoms with Crippen molar-refractivity contribution in [1.29, 1.82) is 0 Å². The van der Waals surface area contributed by atoms with E-state index in [1.807, 2.05) is 0 Å². The Labute approximate surface area is 143 Å². The summed E-state index contributed by atoms with van der Waals surface area (Å²) in [5.74, 6) is -0.770. The van der Waals surface area contributed by atoms with Crippen molar-refractivity contribution in [2.75, 3.05) is 0 Å². The highest BCUT2D eigenvalue weighted by Crippen LogP contribution is 2.30. The molecule has 1 aliphatic carbocycles. The van der Waals surface area contributed by atoms with E-state index in [2.05, 4.69) is 16.0 Å². The van der Waals surface area contributed by atoms with Gasteiger partial charge in [0.15, 0.2) is 0 Å². The monoisotopic (exact) mass is 341 g/mol. The smallest absolute Gasteiger partial charge is 0.408 e. The zero-order valence-electron chi connectivity index (χ0n) is 15.4. The molecule has 0 radical (unpaired) electrons. The fourth-order valence-electron chi connectivity index (χ4n) is 2.76. The van der Waals surface area contributed by atoms with Crippen molar-refractivity contribution in [3.8, 4) is 0 Å². The average Bonchev–Trinajstić information content (AvgIpc) is 2.80. The van der Waals surface area contributed by atoms with Crippen LogP contribution in [0.3, 0.4) is 0 Å². The highest BCUT2D eigenvalue weighted by atomic mass is 16.6. The zero-order valence-corrected chi connectivity index (χ0v) is 15.4. The third-order valence-corrected chi connectivity index (χ3v) is 3.55. The van der Waals surface area contributed by atoms with Crippen LogP contribution in [0.25, 0.3) is 5.53 Å². The minimum absolute atomic E-state index is 0.220. The summed E-state index contributed by atoms with van der Waals surface area (Å²) in [5, 5.41) is 5.60.